The molecule has 1 atom stereocenters. The lowest BCUT2D eigenvalue weighted by atomic mass is 9.48. The molecule has 0 radical (unpaired) electrons. The first-order valence-electron chi connectivity index (χ1n) is 13.3. The molecule has 204 valence electrons. The molecule has 2 amide bonds. The Hall–Kier alpha value is -3.11. The van der Waals surface area contributed by atoms with Crippen LogP contribution >= 0.6 is 0 Å². The van der Waals surface area contributed by atoms with Gasteiger partial charge in [-0.2, -0.15) is 0 Å². The zero-order valence-corrected chi connectivity index (χ0v) is 22.6. The normalized spacial score (nSPS) is 26.4. The van der Waals surface area contributed by atoms with Crippen molar-refractivity contribution < 1.29 is 22.7 Å². The van der Waals surface area contributed by atoms with Crippen molar-refractivity contribution >= 4 is 27.5 Å². The summed E-state index contributed by atoms with van der Waals surface area (Å²) in [7, 11) is -2.25. The third-order valence-electron chi connectivity index (χ3n) is 8.60. The van der Waals surface area contributed by atoms with Gasteiger partial charge in [-0.15, -0.1) is 0 Å². The van der Waals surface area contributed by atoms with E-state index in [0.717, 1.165) is 42.7 Å². The van der Waals surface area contributed by atoms with Crippen molar-refractivity contribution in [3.8, 4) is 5.75 Å². The van der Waals surface area contributed by atoms with Gasteiger partial charge in [0.2, 0.25) is 10.0 Å². The average molecular weight is 541 g/mol. The van der Waals surface area contributed by atoms with Crippen LogP contribution in [0.4, 0.5) is 5.69 Å². The molecular formula is C28H36N4O5S. The SMILES string of the molecule is COc1ccc(NCC(=O)NNC(=O)c2cccc(S(=O)(=O)NC(C)C34CC5CC(CC(C5)C3)C4)c2)cc1. The fraction of sp³-hybridized carbons (Fsp3) is 0.500. The number of methoxy groups -OCH3 is 1. The van der Waals surface area contributed by atoms with Crippen molar-refractivity contribution in [3.05, 3.63) is 54.1 Å². The topological polar surface area (TPSA) is 126 Å². The number of sulfonamides is 1. The molecule has 4 bridgehead atoms. The zero-order chi connectivity index (χ0) is 26.9. The monoisotopic (exact) mass is 540 g/mol. The van der Waals surface area contributed by atoms with Crippen LogP contribution in [0.15, 0.2) is 53.4 Å². The van der Waals surface area contributed by atoms with Gasteiger partial charge in [-0.3, -0.25) is 20.4 Å². The minimum absolute atomic E-state index is 0.0287. The van der Waals surface area contributed by atoms with E-state index in [4.69, 9.17) is 4.74 Å². The second-order valence-electron chi connectivity index (χ2n) is 11.2. The van der Waals surface area contributed by atoms with Gasteiger partial charge < -0.3 is 10.1 Å². The van der Waals surface area contributed by atoms with Gasteiger partial charge in [0.15, 0.2) is 0 Å². The second kappa shape index (κ2) is 10.6. The average Bonchev–Trinajstić information content (AvgIpc) is 2.90. The van der Waals surface area contributed by atoms with Gasteiger partial charge in [-0.1, -0.05) is 6.07 Å². The molecule has 0 spiro atoms. The van der Waals surface area contributed by atoms with Gasteiger partial charge in [0.1, 0.15) is 5.75 Å². The molecule has 0 aliphatic heterocycles. The van der Waals surface area contributed by atoms with Gasteiger partial charge >= 0.3 is 0 Å². The number of benzene rings is 2. The maximum Gasteiger partial charge on any atom is 0.269 e. The number of anilines is 1. The molecular weight excluding hydrogens is 504 g/mol. The van der Waals surface area contributed by atoms with Crippen LogP contribution in [0.5, 0.6) is 5.75 Å². The van der Waals surface area contributed by atoms with Gasteiger partial charge in [0, 0.05) is 17.3 Å². The highest BCUT2D eigenvalue weighted by Gasteiger charge is 2.53. The van der Waals surface area contributed by atoms with E-state index in [1.165, 1.54) is 43.5 Å². The minimum Gasteiger partial charge on any atom is -0.497 e. The predicted octanol–water partition coefficient (Wildman–Crippen LogP) is 3.45. The zero-order valence-electron chi connectivity index (χ0n) is 21.8. The summed E-state index contributed by atoms with van der Waals surface area (Å²) >= 11 is 0. The Bertz CT molecular complexity index is 1260. The van der Waals surface area contributed by atoms with Gasteiger partial charge in [0.05, 0.1) is 18.6 Å². The number of hydrogen-bond acceptors (Lipinski definition) is 6. The van der Waals surface area contributed by atoms with E-state index in [1.54, 1.807) is 31.4 Å². The first-order valence-corrected chi connectivity index (χ1v) is 14.7. The van der Waals surface area contributed by atoms with E-state index >= 15 is 0 Å². The summed E-state index contributed by atoms with van der Waals surface area (Å²) in [5.41, 5.74) is 5.58. The standard InChI is InChI=1S/C28H36N4O5S/c1-18(28-14-19-10-20(15-28)12-21(11-19)16-28)32-38(35,36)25-5-3-4-22(13-25)27(34)31-30-26(33)17-29-23-6-8-24(37-2)9-7-23/h3-9,13,18-21,29,32H,10-12,14-17H2,1-2H3,(H,30,33)(H,31,34). The number of amides is 2. The van der Waals surface area contributed by atoms with Crippen LogP contribution in [0, 0.1) is 23.2 Å². The largest absolute Gasteiger partial charge is 0.497 e. The molecule has 0 heterocycles. The fourth-order valence-corrected chi connectivity index (χ4v) is 8.46. The van der Waals surface area contributed by atoms with Crippen molar-refractivity contribution in [2.75, 3.05) is 19.0 Å². The summed E-state index contributed by atoms with van der Waals surface area (Å²) in [6.45, 7) is 1.93. The Morgan fingerprint density at radius 3 is 2.21 bits per heavy atom. The molecule has 9 nitrogen and oxygen atoms in total. The molecule has 2 aromatic carbocycles. The number of hydrogen-bond donors (Lipinski definition) is 4. The summed E-state index contributed by atoms with van der Waals surface area (Å²) in [4.78, 5) is 24.9. The molecule has 10 heteroatoms. The third kappa shape index (κ3) is 5.66. The Balaban J connectivity index is 1.16. The summed E-state index contributed by atoms with van der Waals surface area (Å²) in [5.74, 6) is 1.82. The van der Waals surface area contributed by atoms with Crippen LogP contribution in [-0.2, 0) is 14.8 Å². The number of nitrogens with one attached hydrogen (secondary N) is 4. The Kier molecular flexibility index (Phi) is 7.37. The van der Waals surface area contributed by atoms with Crippen LogP contribution in [-0.4, -0.2) is 39.9 Å². The Morgan fingerprint density at radius 1 is 0.974 bits per heavy atom. The van der Waals surface area contributed by atoms with Crippen molar-refractivity contribution in [1.29, 1.82) is 0 Å². The lowest BCUT2D eigenvalue weighted by molar-refractivity contribution is -0.120. The van der Waals surface area contributed by atoms with E-state index in [-0.39, 0.29) is 28.5 Å². The van der Waals surface area contributed by atoms with Gasteiger partial charge in [-0.05, 0) is 111 Å². The smallest absolute Gasteiger partial charge is 0.269 e. The van der Waals surface area contributed by atoms with Crippen molar-refractivity contribution in [1.82, 2.24) is 15.6 Å². The predicted molar refractivity (Wildman–Crippen MR) is 144 cm³/mol. The van der Waals surface area contributed by atoms with Gasteiger partial charge in [-0.25, -0.2) is 13.1 Å². The van der Waals surface area contributed by atoms with Crippen molar-refractivity contribution in [2.45, 2.75) is 56.4 Å². The maximum absolute atomic E-state index is 13.3. The summed E-state index contributed by atoms with van der Waals surface area (Å²) in [5, 5.41) is 2.95. The second-order valence-corrected chi connectivity index (χ2v) is 12.9. The van der Waals surface area contributed by atoms with E-state index < -0.39 is 21.8 Å². The van der Waals surface area contributed by atoms with Crippen molar-refractivity contribution in [2.24, 2.45) is 23.2 Å². The molecule has 4 saturated carbocycles. The highest BCUT2D eigenvalue weighted by atomic mass is 32.2. The number of carbonyl (C=O) groups is 2. The lowest BCUT2D eigenvalue weighted by Crippen LogP contribution is -2.55. The number of rotatable bonds is 9. The molecule has 4 N–H and O–H groups in total. The molecule has 0 aromatic heterocycles. The molecule has 6 rings (SSSR count). The van der Waals surface area contributed by atoms with E-state index in [0.29, 0.717) is 5.75 Å². The molecule has 2 aromatic rings. The van der Waals surface area contributed by atoms with Gasteiger partial charge in [0.25, 0.3) is 11.8 Å². The van der Waals surface area contributed by atoms with Crippen LogP contribution < -0.4 is 25.6 Å². The summed E-state index contributed by atoms with van der Waals surface area (Å²) < 4.78 is 34.7. The first-order chi connectivity index (χ1) is 18.2. The quantitative estimate of drug-likeness (QED) is 0.361. The highest BCUT2D eigenvalue weighted by molar-refractivity contribution is 7.89. The first kappa shape index (κ1) is 26.5. The Labute approximate surface area is 224 Å². The molecule has 4 fully saturated rings. The molecule has 1 unspecified atom stereocenters. The maximum atomic E-state index is 13.3. The number of carbonyl (C=O) groups excluding carboxylic acids is 2. The Morgan fingerprint density at radius 2 is 1.61 bits per heavy atom. The van der Waals surface area contributed by atoms with Crippen LogP contribution in [0.25, 0.3) is 0 Å². The highest BCUT2D eigenvalue weighted by Crippen LogP contribution is 2.61. The third-order valence-corrected chi connectivity index (χ3v) is 10.1. The fourth-order valence-electron chi connectivity index (χ4n) is 7.07. The number of ether oxygens (including phenoxy) is 1. The molecule has 4 aliphatic rings. The van der Waals surface area contributed by atoms with Crippen molar-refractivity contribution in [3.63, 3.8) is 0 Å². The summed E-state index contributed by atoms with van der Waals surface area (Å²) in [6.07, 6.45) is 7.17. The van der Waals surface area contributed by atoms with Crippen LogP contribution in [0.3, 0.4) is 0 Å². The molecule has 38 heavy (non-hydrogen) atoms. The molecule has 4 aliphatic carbocycles. The van der Waals surface area contributed by atoms with Crippen LogP contribution in [0.1, 0.15) is 55.8 Å². The van der Waals surface area contributed by atoms with E-state index in [9.17, 15) is 18.0 Å². The van der Waals surface area contributed by atoms with Crippen LogP contribution in [0.2, 0.25) is 0 Å². The number of hydrazine groups is 1. The molecule has 0 saturated heterocycles. The minimum atomic E-state index is -3.82. The van der Waals surface area contributed by atoms with E-state index in [2.05, 4.69) is 20.9 Å². The summed E-state index contributed by atoms with van der Waals surface area (Å²) in [6, 6.07) is 12.8. The lowest BCUT2D eigenvalue weighted by Gasteiger charge is -2.59. The van der Waals surface area contributed by atoms with E-state index in [1.807, 2.05) is 6.92 Å².